The molecule has 5 atom stereocenters. The van der Waals surface area contributed by atoms with Crippen molar-refractivity contribution < 1.29 is 125 Å². The van der Waals surface area contributed by atoms with Crippen molar-refractivity contribution in [2.24, 2.45) is 0 Å². The van der Waals surface area contributed by atoms with Crippen LogP contribution in [0.25, 0.3) is 33.4 Å². The van der Waals surface area contributed by atoms with E-state index >= 15 is 0 Å². The number of hydrogen-bond acceptors (Lipinski definition) is 27. The minimum absolute atomic E-state index is 0.0218. The highest BCUT2D eigenvalue weighted by molar-refractivity contribution is 8.77. The number of phosphoric acid groups is 3. The average molecular weight is 1390 g/mol. The second-order valence-corrected chi connectivity index (χ2v) is 29.5. The predicted octanol–water partition coefficient (Wildman–Crippen LogP) is 2.66. The van der Waals surface area contributed by atoms with Crippen LogP contribution >= 0.6 is 45.1 Å². The molecule has 1 aliphatic carbocycles. The third-order valence-corrected chi connectivity index (χ3v) is 20.7. The number of aromatic carboxylic acids is 1. The third-order valence-electron chi connectivity index (χ3n) is 12.1. The number of nitrogen functional groups attached to an aromatic ring is 2. The summed E-state index contributed by atoms with van der Waals surface area (Å²) in [5, 5.41) is 23.1. The van der Waals surface area contributed by atoms with Gasteiger partial charge in [0.25, 0.3) is 20.2 Å². The standard InChI is InChI=1S/C47H62N7O28P3S4/c1-47(2,87-86-26-77-34-23-39(54-12-9-36(50)53-46(54)59)79-35(34)24-78-84(63,64)82-85(65,66)81-83(60,61)62)25-52-37(55)10-13-73-15-17-75-19-20-76-18-16-74-14-11-51-38(56)22-27-3-4-28(31(21-27)45(57)58)40-29-5-7-32(48)43(88(67,68)69)41(29)80-42-30(40)6-8-33(49)44(42)89(70,71)72/h3-9,12,21,34-35,39,48H,10-11,13-20,22-26,49H2,1-2H3,(H,51,56)(H,52,55)(H,57,58)(H,63,64)(H,65,66)(H2,50,53,59)(H2,60,61,62)(H,67,68,69)(H,70,71,72)/t34?,35-,39-/m1/s1. The average Bonchev–Trinajstić information content (AvgIpc) is 1.14. The minimum atomic E-state index is -5.80. The van der Waals surface area contributed by atoms with Gasteiger partial charge >= 0.3 is 35.1 Å². The van der Waals surface area contributed by atoms with Gasteiger partial charge in [0.05, 0.1) is 88.6 Å². The first-order valence-corrected chi connectivity index (χ1v) is 35.5. The molecule has 3 aromatic rings. The summed E-state index contributed by atoms with van der Waals surface area (Å²) in [6, 6.07) is 9.74. The van der Waals surface area contributed by atoms with Crippen molar-refractivity contribution in [3.05, 3.63) is 81.7 Å². The van der Waals surface area contributed by atoms with Crippen LogP contribution in [0.4, 0.5) is 11.5 Å². The Morgan fingerprint density at radius 3 is 2.07 bits per heavy atom. The normalized spacial score (nSPS) is 17.1. The van der Waals surface area contributed by atoms with Crippen molar-refractivity contribution in [3.63, 3.8) is 0 Å². The number of nitrogens with one attached hydrogen (secondary N) is 3. The summed E-state index contributed by atoms with van der Waals surface area (Å²) in [6.07, 6.45) is -2.16. The lowest BCUT2D eigenvalue weighted by Crippen LogP contribution is -2.36. The molecular weight excluding hydrogens is 1330 g/mol. The monoisotopic (exact) mass is 1390 g/mol. The van der Waals surface area contributed by atoms with Gasteiger partial charge in [-0.25, -0.2) is 23.3 Å². The molecule has 0 spiro atoms. The molecule has 3 aliphatic rings. The number of anilines is 2. The predicted molar refractivity (Wildman–Crippen MR) is 313 cm³/mol. The Bertz CT molecular complexity index is 3850. The fourth-order valence-corrected chi connectivity index (χ4v) is 15.1. The van der Waals surface area contributed by atoms with E-state index in [1.165, 1.54) is 64.2 Å². The first kappa shape index (κ1) is 72.8. The minimum Gasteiger partial charge on any atom is -0.478 e. The van der Waals surface area contributed by atoms with Crippen molar-refractivity contribution in [2.75, 3.05) is 90.0 Å². The Morgan fingerprint density at radius 2 is 1.45 bits per heavy atom. The van der Waals surface area contributed by atoms with Gasteiger partial charge in [-0.05, 0) is 61.4 Å². The van der Waals surface area contributed by atoms with Crippen molar-refractivity contribution in [2.45, 2.75) is 66.1 Å². The number of carboxylic acids is 1. The second kappa shape index (κ2) is 31.4. The highest BCUT2D eigenvalue weighted by atomic mass is 33.1. The highest BCUT2D eigenvalue weighted by Crippen LogP contribution is 2.66. The van der Waals surface area contributed by atoms with Crippen LogP contribution in [-0.2, 0) is 91.5 Å². The Balaban J connectivity index is 0.832. The lowest BCUT2D eigenvalue weighted by Gasteiger charge is -2.24. The smallest absolute Gasteiger partial charge is 0.478 e. The van der Waals surface area contributed by atoms with Gasteiger partial charge in [-0.2, -0.15) is 30.4 Å². The molecule has 2 aliphatic heterocycles. The molecule has 0 radical (unpaired) electrons. The molecule has 0 saturated carbocycles. The van der Waals surface area contributed by atoms with Crippen LogP contribution in [0, 0.1) is 5.41 Å². The molecule has 3 heterocycles. The molecule has 2 amide bonds. The Kier molecular flexibility index (Phi) is 25.6. The van der Waals surface area contributed by atoms with Gasteiger partial charge in [0.15, 0.2) is 21.1 Å². The van der Waals surface area contributed by atoms with E-state index in [4.69, 9.17) is 64.0 Å². The van der Waals surface area contributed by atoms with Gasteiger partial charge in [-0.1, -0.05) is 33.7 Å². The van der Waals surface area contributed by atoms with E-state index in [9.17, 15) is 73.7 Å². The van der Waals surface area contributed by atoms with E-state index in [2.05, 4.69) is 24.2 Å². The van der Waals surface area contributed by atoms with E-state index in [0.717, 1.165) is 16.7 Å². The number of amides is 2. The zero-order valence-electron chi connectivity index (χ0n) is 46.8. The second-order valence-electron chi connectivity index (χ2n) is 19.4. The van der Waals surface area contributed by atoms with Crippen LogP contribution in [0.1, 0.15) is 48.8 Å². The summed E-state index contributed by atoms with van der Waals surface area (Å²) in [6.45, 7) is 4.63. The van der Waals surface area contributed by atoms with Crippen LogP contribution in [0.2, 0.25) is 0 Å². The lowest BCUT2D eigenvalue weighted by molar-refractivity contribution is -0.122. The molecule has 1 aromatic heterocycles. The number of fused-ring (bicyclic) bond motifs is 2. The quantitative estimate of drug-likeness (QED) is 0.00521. The van der Waals surface area contributed by atoms with Crippen LogP contribution in [0.5, 0.6) is 0 Å². The van der Waals surface area contributed by atoms with Gasteiger partial charge in [0.1, 0.15) is 24.1 Å². The Hall–Kier alpha value is -5.29. The molecular formula is C47H62N7O28P3S4. The van der Waals surface area contributed by atoms with E-state index in [-0.39, 0.29) is 131 Å². The molecule has 2 aromatic carbocycles. The number of benzene rings is 3. The lowest BCUT2D eigenvalue weighted by atomic mass is 9.89. The fraction of sp³-hybridized carbons (Fsp3) is 0.447. The number of aromatic nitrogens is 2. The molecule has 35 nitrogen and oxygen atoms in total. The molecule has 89 heavy (non-hydrogen) atoms. The number of phosphoric ester groups is 1. The maximum Gasteiger partial charge on any atom is 0.490 e. The van der Waals surface area contributed by atoms with Crippen LogP contribution in [0.15, 0.2) is 73.7 Å². The summed E-state index contributed by atoms with van der Waals surface area (Å²) >= 11 is 0. The number of nitrogens with zero attached hydrogens (tertiary/aromatic N) is 2. The third kappa shape index (κ3) is 21.9. The van der Waals surface area contributed by atoms with Crippen molar-refractivity contribution >= 4 is 106 Å². The summed E-state index contributed by atoms with van der Waals surface area (Å²) in [4.78, 5) is 89.3. The van der Waals surface area contributed by atoms with Crippen LogP contribution in [-0.4, -0.2) is 173 Å². The SMILES string of the molecule is CC(C)(CNC(=O)CCOCCOCCOCCOCCNC(=O)Cc1ccc(-c2c3ccc(=N)c(S(=O)(=O)O)c-3oc3c(S(=O)(=O)O)c(N)ccc23)c(C(=O)O)c1)SSCOC1C[C@H](n2ccc(N)nc2=O)O[C@@H]1COP(=O)(O)OP(=O)(O)OP(=O)(O)O. The molecule has 1 saturated heterocycles. The molecule has 42 heteroatoms. The molecule has 1 fully saturated rings. The van der Waals surface area contributed by atoms with Gasteiger partial charge in [-0.15, -0.1) is 0 Å². The maximum absolute atomic E-state index is 12.9. The zero-order chi connectivity index (χ0) is 65.7. The van der Waals surface area contributed by atoms with E-state index < -0.39 is 129 Å². The van der Waals surface area contributed by atoms with Crippen LogP contribution in [0.3, 0.4) is 0 Å². The van der Waals surface area contributed by atoms with E-state index in [1.807, 2.05) is 13.8 Å². The van der Waals surface area contributed by atoms with Gasteiger partial charge in [0, 0.05) is 53.4 Å². The molecule has 6 rings (SSSR count). The number of carbonyl (C=O) groups excluding carboxylic acids is 2. The number of hydrogen-bond donors (Lipinski definition) is 12. The van der Waals surface area contributed by atoms with E-state index in [0.29, 0.717) is 0 Å². The number of nitrogens with two attached hydrogens (primary N) is 2. The zero-order valence-corrected chi connectivity index (χ0v) is 52.7. The van der Waals surface area contributed by atoms with Gasteiger partial charge in [-0.3, -0.25) is 33.2 Å². The number of carboxylic acid groups (broad SMARTS) is 1. The summed E-state index contributed by atoms with van der Waals surface area (Å²) in [5.41, 5.74) is 8.84. The number of ether oxygens (including phenoxy) is 6. The van der Waals surface area contributed by atoms with Crippen LogP contribution < -0.4 is 33.1 Å². The van der Waals surface area contributed by atoms with Crippen molar-refractivity contribution in [3.8, 4) is 22.5 Å². The fourth-order valence-electron chi connectivity index (χ4n) is 8.37. The number of carbonyl (C=O) groups is 3. The summed E-state index contributed by atoms with van der Waals surface area (Å²) in [7, 11) is -24.8. The largest absolute Gasteiger partial charge is 0.490 e. The maximum atomic E-state index is 12.9. The summed E-state index contributed by atoms with van der Waals surface area (Å²) in [5.74, 6) is -3.12. The Labute approximate surface area is 513 Å². The van der Waals surface area contributed by atoms with Gasteiger partial charge < -0.3 is 79.6 Å². The molecule has 3 unspecified atom stereocenters. The van der Waals surface area contributed by atoms with E-state index in [1.54, 1.807) is 0 Å². The van der Waals surface area contributed by atoms with Crippen molar-refractivity contribution in [1.29, 1.82) is 5.41 Å². The molecule has 0 bridgehead atoms. The number of rotatable bonds is 36. The topological polar surface area (TPSA) is 543 Å². The highest BCUT2D eigenvalue weighted by Gasteiger charge is 2.44. The molecule has 14 N–H and O–H groups in total. The van der Waals surface area contributed by atoms with Gasteiger partial charge in [0.2, 0.25) is 11.8 Å². The first-order valence-electron chi connectivity index (χ1n) is 25.8. The molecule has 492 valence electrons. The summed E-state index contributed by atoms with van der Waals surface area (Å²) < 4.78 is 157. The first-order chi connectivity index (χ1) is 41.5. The van der Waals surface area contributed by atoms with Crippen molar-refractivity contribution in [1.82, 2.24) is 20.2 Å². The Morgan fingerprint density at radius 1 is 0.820 bits per heavy atom.